The molecule has 1 aliphatic rings. The van der Waals surface area contributed by atoms with E-state index in [9.17, 15) is 0 Å². The fraction of sp³-hybridized carbons (Fsp3) is 0.278. The lowest BCUT2D eigenvalue weighted by atomic mass is 9.94. The van der Waals surface area contributed by atoms with Crippen LogP contribution in [0.2, 0.25) is 0 Å². The van der Waals surface area contributed by atoms with E-state index in [4.69, 9.17) is 17.0 Å². The Kier molecular flexibility index (Phi) is 4.47. The van der Waals surface area contributed by atoms with E-state index in [2.05, 4.69) is 40.0 Å². The standard InChI is InChI=1S/C18H19N5OS2/c1-18(2)8-12-13(9-24-18)26-16-14(12)15(19-10-20-16)22-23-17(25)21-11-6-4-3-5-7-11/h3-7,10H,8-9H2,1-2H3,(H,19,20,22)(H2,21,23,25). The molecule has 134 valence electrons. The van der Waals surface area contributed by atoms with Gasteiger partial charge < -0.3 is 10.1 Å². The minimum atomic E-state index is -0.189. The van der Waals surface area contributed by atoms with Gasteiger partial charge in [0, 0.05) is 17.0 Å². The molecule has 0 unspecified atom stereocenters. The third-order valence-corrected chi connectivity index (χ3v) is 5.51. The van der Waals surface area contributed by atoms with Crippen molar-refractivity contribution in [3.8, 4) is 0 Å². The third kappa shape index (κ3) is 3.48. The third-order valence-electron chi connectivity index (χ3n) is 4.19. The highest BCUT2D eigenvalue weighted by molar-refractivity contribution is 7.80. The number of aromatic nitrogens is 2. The van der Waals surface area contributed by atoms with Crippen molar-refractivity contribution < 1.29 is 4.74 Å². The van der Waals surface area contributed by atoms with Crippen molar-refractivity contribution >= 4 is 50.4 Å². The first-order valence-electron chi connectivity index (χ1n) is 8.29. The number of nitrogens with one attached hydrogen (secondary N) is 3. The molecule has 3 aromatic rings. The Morgan fingerprint density at radius 1 is 1.23 bits per heavy atom. The number of para-hydroxylation sites is 1. The van der Waals surface area contributed by atoms with E-state index in [1.807, 2.05) is 30.3 Å². The number of hydrazine groups is 1. The van der Waals surface area contributed by atoms with Crippen LogP contribution in [0.1, 0.15) is 24.3 Å². The quantitative estimate of drug-likeness (QED) is 0.467. The maximum atomic E-state index is 5.92. The zero-order chi connectivity index (χ0) is 18.1. The first kappa shape index (κ1) is 17.1. The number of thiocarbonyl (C=S) groups is 1. The highest BCUT2D eigenvalue weighted by Crippen LogP contribution is 2.40. The molecule has 0 spiro atoms. The van der Waals surface area contributed by atoms with Crippen LogP contribution < -0.4 is 16.2 Å². The fourth-order valence-corrected chi connectivity index (χ4v) is 4.21. The van der Waals surface area contributed by atoms with E-state index in [-0.39, 0.29) is 5.60 Å². The summed E-state index contributed by atoms with van der Waals surface area (Å²) < 4.78 is 5.92. The van der Waals surface area contributed by atoms with Gasteiger partial charge in [-0.3, -0.25) is 10.9 Å². The summed E-state index contributed by atoms with van der Waals surface area (Å²) >= 11 is 7.01. The molecule has 0 bridgehead atoms. The van der Waals surface area contributed by atoms with Crippen LogP contribution in [0.15, 0.2) is 36.7 Å². The van der Waals surface area contributed by atoms with Gasteiger partial charge in [0.1, 0.15) is 11.2 Å². The summed E-state index contributed by atoms with van der Waals surface area (Å²) in [7, 11) is 0. The van der Waals surface area contributed by atoms with Gasteiger partial charge in [-0.1, -0.05) is 18.2 Å². The number of thiophene rings is 1. The number of rotatable bonds is 3. The summed E-state index contributed by atoms with van der Waals surface area (Å²) in [5.41, 5.74) is 8.13. The molecule has 3 N–H and O–H groups in total. The second-order valence-corrected chi connectivity index (χ2v) is 8.19. The van der Waals surface area contributed by atoms with E-state index in [0.29, 0.717) is 11.7 Å². The molecule has 0 saturated heterocycles. The molecule has 6 nitrogen and oxygen atoms in total. The van der Waals surface area contributed by atoms with Crippen LogP contribution in [0.4, 0.5) is 11.5 Å². The Bertz CT molecular complexity index is 955. The first-order chi connectivity index (χ1) is 12.5. The van der Waals surface area contributed by atoms with Crippen LogP contribution in [0.3, 0.4) is 0 Å². The van der Waals surface area contributed by atoms with Gasteiger partial charge in [0.05, 0.1) is 17.6 Å². The smallest absolute Gasteiger partial charge is 0.189 e. The Balaban J connectivity index is 1.55. The highest BCUT2D eigenvalue weighted by atomic mass is 32.1. The minimum Gasteiger partial charge on any atom is -0.370 e. The average Bonchev–Trinajstić information content (AvgIpc) is 2.98. The Morgan fingerprint density at radius 2 is 2.04 bits per heavy atom. The normalized spacial score (nSPS) is 15.3. The van der Waals surface area contributed by atoms with Crippen LogP contribution >= 0.6 is 23.6 Å². The van der Waals surface area contributed by atoms with Gasteiger partial charge in [-0.25, -0.2) is 9.97 Å². The molecule has 0 fully saturated rings. The summed E-state index contributed by atoms with van der Waals surface area (Å²) in [6, 6.07) is 9.77. The zero-order valence-corrected chi connectivity index (χ0v) is 16.1. The summed E-state index contributed by atoms with van der Waals surface area (Å²) in [5.74, 6) is 0.724. The molecule has 0 aliphatic carbocycles. The lowest BCUT2D eigenvalue weighted by Crippen LogP contribution is -2.34. The van der Waals surface area contributed by atoms with Crippen LogP contribution in [-0.4, -0.2) is 20.7 Å². The Labute approximate surface area is 161 Å². The first-order valence-corrected chi connectivity index (χ1v) is 9.51. The number of hydrogen-bond acceptors (Lipinski definition) is 6. The number of fused-ring (bicyclic) bond motifs is 3. The van der Waals surface area contributed by atoms with E-state index in [1.54, 1.807) is 17.7 Å². The molecular formula is C18H19N5OS2. The van der Waals surface area contributed by atoms with E-state index in [0.717, 1.165) is 28.1 Å². The highest BCUT2D eigenvalue weighted by Gasteiger charge is 2.30. The second-order valence-electron chi connectivity index (χ2n) is 6.70. The van der Waals surface area contributed by atoms with Crippen LogP contribution in [0.5, 0.6) is 0 Å². The molecule has 1 aromatic carbocycles. The minimum absolute atomic E-state index is 0.189. The largest absolute Gasteiger partial charge is 0.370 e. The number of nitrogens with zero attached hydrogens (tertiary/aromatic N) is 2. The van der Waals surface area contributed by atoms with E-state index >= 15 is 0 Å². The number of anilines is 2. The average molecular weight is 386 g/mol. The van der Waals surface area contributed by atoms with Crippen molar-refractivity contribution in [1.29, 1.82) is 0 Å². The van der Waals surface area contributed by atoms with Gasteiger partial charge in [-0.05, 0) is 43.8 Å². The number of ether oxygens (including phenoxy) is 1. The molecule has 26 heavy (non-hydrogen) atoms. The molecule has 0 radical (unpaired) electrons. The fourth-order valence-electron chi connectivity index (χ4n) is 2.97. The molecular weight excluding hydrogens is 366 g/mol. The topological polar surface area (TPSA) is 71.1 Å². The molecule has 1 aliphatic heterocycles. The summed E-state index contributed by atoms with van der Waals surface area (Å²) in [5, 5.41) is 4.64. The van der Waals surface area contributed by atoms with Crippen molar-refractivity contribution in [2.75, 3.05) is 10.7 Å². The molecule has 3 heterocycles. The maximum Gasteiger partial charge on any atom is 0.189 e. The summed E-state index contributed by atoms with van der Waals surface area (Å²) in [6.07, 6.45) is 2.39. The monoisotopic (exact) mass is 385 g/mol. The Morgan fingerprint density at radius 3 is 2.85 bits per heavy atom. The molecule has 4 rings (SSSR count). The van der Waals surface area contributed by atoms with Crippen molar-refractivity contribution in [1.82, 2.24) is 15.4 Å². The van der Waals surface area contributed by atoms with Crippen molar-refractivity contribution in [3.63, 3.8) is 0 Å². The molecule has 0 amide bonds. The summed E-state index contributed by atoms with van der Waals surface area (Å²) in [6.45, 7) is 4.82. The second kappa shape index (κ2) is 6.79. The van der Waals surface area contributed by atoms with Gasteiger partial charge in [0.2, 0.25) is 0 Å². The van der Waals surface area contributed by atoms with Crippen LogP contribution in [-0.2, 0) is 17.8 Å². The lowest BCUT2D eigenvalue weighted by Gasteiger charge is -2.30. The van der Waals surface area contributed by atoms with Crippen molar-refractivity contribution in [2.45, 2.75) is 32.5 Å². The van der Waals surface area contributed by atoms with Gasteiger partial charge >= 0.3 is 0 Å². The van der Waals surface area contributed by atoms with Crippen molar-refractivity contribution in [2.24, 2.45) is 0 Å². The molecule has 2 aromatic heterocycles. The molecule has 8 heteroatoms. The van der Waals surface area contributed by atoms with Crippen LogP contribution in [0.25, 0.3) is 10.2 Å². The summed E-state index contributed by atoms with van der Waals surface area (Å²) in [4.78, 5) is 11.0. The zero-order valence-electron chi connectivity index (χ0n) is 14.5. The van der Waals surface area contributed by atoms with E-state index in [1.165, 1.54) is 10.4 Å². The SMILES string of the molecule is CC1(C)Cc2c(sc3ncnc(NNC(=S)Nc4ccccc4)c23)CO1. The van der Waals surface area contributed by atoms with Gasteiger partial charge in [0.15, 0.2) is 10.9 Å². The van der Waals surface area contributed by atoms with Gasteiger partial charge in [-0.2, -0.15) is 0 Å². The van der Waals surface area contributed by atoms with Gasteiger partial charge in [0.25, 0.3) is 0 Å². The van der Waals surface area contributed by atoms with Gasteiger partial charge in [-0.15, -0.1) is 11.3 Å². The molecule has 0 atom stereocenters. The maximum absolute atomic E-state index is 5.92. The predicted molar refractivity (Wildman–Crippen MR) is 109 cm³/mol. The van der Waals surface area contributed by atoms with Crippen LogP contribution in [0, 0.1) is 0 Å². The number of hydrogen-bond donors (Lipinski definition) is 3. The number of benzene rings is 1. The molecule has 0 saturated carbocycles. The van der Waals surface area contributed by atoms with E-state index < -0.39 is 0 Å². The predicted octanol–water partition coefficient (Wildman–Crippen LogP) is 3.86. The van der Waals surface area contributed by atoms with Crippen molar-refractivity contribution in [3.05, 3.63) is 47.1 Å². The lowest BCUT2D eigenvalue weighted by molar-refractivity contribution is -0.0379. The Hall–Kier alpha value is -2.29.